The fraction of sp³-hybridized carbons (Fsp3) is 0.667. The van der Waals surface area contributed by atoms with Crippen LogP contribution in [0.5, 0.6) is 0 Å². The van der Waals surface area contributed by atoms with Gasteiger partial charge >= 0.3 is 0 Å². The highest BCUT2D eigenvalue weighted by Crippen LogP contribution is 1.93. The number of hydrogen-bond acceptors (Lipinski definition) is 5. The van der Waals surface area contributed by atoms with E-state index in [2.05, 4.69) is 6.58 Å². The molecule has 68 valence electrons. The van der Waals surface area contributed by atoms with E-state index in [4.69, 9.17) is 26.2 Å². The molecule has 0 aliphatic heterocycles. The summed E-state index contributed by atoms with van der Waals surface area (Å²) in [7, 11) is 0. The van der Waals surface area contributed by atoms with Crippen molar-refractivity contribution in [2.75, 3.05) is 13.2 Å². The predicted octanol–water partition coefficient (Wildman–Crippen LogP) is -1.45. The van der Waals surface area contributed by atoms with Gasteiger partial charge in [-0.05, 0) is 0 Å². The second-order valence-corrected chi connectivity index (χ2v) is 1.80. The molecule has 11 heavy (non-hydrogen) atoms. The molecular weight excluding hydrogens is 150 g/mol. The first-order valence-corrected chi connectivity index (χ1v) is 3.04. The lowest BCUT2D eigenvalue weighted by atomic mass is 10.1. The van der Waals surface area contributed by atoms with Crippen molar-refractivity contribution in [2.24, 2.45) is 11.7 Å². The van der Waals surface area contributed by atoms with Crippen LogP contribution in [-0.4, -0.2) is 39.9 Å². The molecule has 0 spiro atoms. The van der Waals surface area contributed by atoms with E-state index in [1.165, 1.54) is 0 Å². The summed E-state index contributed by atoms with van der Waals surface area (Å²) in [6.45, 7) is 2.35. The summed E-state index contributed by atoms with van der Waals surface area (Å²) in [6, 6.07) is 0. The molecule has 0 heterocycles. The van der Waals surface area contributed by atoms with Crippen molar-refractivity contribution in [3.8, 4) is 0 Å². The fourth-order valence-electron chi connectivity index (χ4n) is 0.274. The first-order valence-electron chi connectivity index (χ1n) is 3.04. The third kappa shape index (κ3) is 9.38. The Balaban J connectivity index is 0. The Morgan fingerprint density at radius 2 is 1.64 bits per heavy atom. The molecule has 0 aromatic rings. The lowest BCUT2D eigenvalue weighted by molar-refractivity contribution is 0.0360. The highest BCUT2D eigenvalue weighted by molar-refractivity contribution is 4.58. The molecule has 0 aliphatic rings. The Labute approximate surface area is 65.4 Å². The molecule has 0 saturated heterocycles. The monoisotopic (exact) mass is 165 g/mol. The molecule has 0 amide bonds. The molecule has 1 unspecified atom stereocenters. The lowest BCUT2D eigenvalue weighted by Crippen LogP contribution is -2.34. The normalized spacial score (nSPS) is 11.7. The minimum Gasteiger partial charge on any atom is -0.516 e. The quantitative estimate of drug-likeness (QED) is 0.260. The van der Waals surface area contributed by atoms with Crippen LogP contribution in [0.3, 0.4) is 0 Å². The standard InChI is InChI=1S/C4H11NO3.C2H4O/c5-4(8)3(1-6)2-7;1-2-3/h3-4,6-8H,1-2,5H2;2-3H,1H2. The summed E-state index contributed by atoms with van der Waals surface area (Å²) < 4.78 is 0. The zero-order chi connectivity index (χ0) is 9.28. The highest BCUT2D eigenvalue weighted by atomic mass is 16.3. The van der Waals surface area contributed by atoms with Gasteiger partial charge in [0.15, 0.2) is 0 Å². The Bertz CT molecular complexity index is 82.7. The molecule has 6 N–H and O–H groups in total. The Morgan fingerprint density at radius 3 is 1.64 bits per heavy atom. The van der Waals surface area contributed by atoms with Crippen molar-refractivity contribution in [1.82, 2.24) is 0 Å². The molecule has 0 aromatic carbocycles. The van der Waals surface area contributed by atoms with Gasteiger partial charge in [0.25, 0.3) is 0 Å². The van der Waals surface area contributed by atoms with Crippen LogP contribution in [0.1, 0.15) is 0 Å². The molecule has 0 radical (unpaired) electrons. The van der Waals surface area contributed by atoms with Crippen molar-refractivity contribution in [2.45, 2.75) is 6.23 Å². The number of aliphatic hydroxyl groups excluding tert-OH is 4. The maximum Gasteiger partial charge on any atom is 0.109 e. The first kappa shape index (κ1) is 13.0. The van der Waals surface area contributed by atoms with Crippen molar-refractivity contribution < 1.29 is 20.4 Å². The van der Waals surface area contributed by atoms with Gasteiger partial charge in [0.2, 0.25) is 0 Å². The number of aliphatic hydroxyl groups is 4. The van der Waals surface area contributed by atoms with E-state index >= 15 is 0 Å². The molecule has 0 saturated carbocycles. The third-order valence-corrected chi connectivity index (χ3v) is 0.952. The van der Waals surface area contributed by atoms with E-state index in [-0.39, 0.29) is 13.2 Å². The molecule has 0 bridgehead atoms. The number of nitrogens with two attached hydrogens (primary N) is 1. The average Bonchev–Trinajstić information content (AvgIpc) is 1.91. The minimum atomic E-state index is -1.12. The van der Waals surface area contributed by atoms with Gasteiger partial charge in [0, 0.05) is 5.92 Å². The summed E-state index contributed by atoms with van der Waals surface area (Å²) in [5, 5.41) is 32.4. The first-order chi connectivity index (χ1) is 5.13. The van der Waals surface area contributed by atoms with Crippen LogP contribution in [-0.2, 0) is 0 Å². The third-order valence-electron chi connectivity index (χ3n) is 0.952. The largest absolute Gasteiger partial charge is 0.516 e. The molecule has 0 rings (SSSR count). The Hall–Kier alpha value is -0.620. The summed E-state index contributed by atoms with van der Waals surface area (Å²) in [5.74, 6) is -0.602. The molecule has 5 heteroatoms. The van der Waals surface area contributed by atoms with Gasteiger partial charge < -0.3 is 26.2 Å². The van der Waals surface area contributed by atoms with Crippen LogP contribution in [0.4, 0.5) is 0 Å². The van der Waals surface area contributed by atoms with E-state index < -0.39 is 12.1 Å². The van der Waals surface area contributed by atoms with Crippen LogP contribution in [0.2, 0.25) is 0 Å². The number of rotatable bonds is 3. The maximum absolute atomic E-state index is 8.47. The van der Waals surface area contributed by atoms with Crippen molar-refractivity contribution in [3.63, 3.8) is 0 Å². The van der Waals surface area contributed by atoms with Crippen LogP contribution in [0.15, 0.2) is 12.8 Å². The maximum atomic E-state index is 8.47. The van der Waals surface area contributed by atoms with E-state index in [1.54, 1.807) is 0 Å². The number of hydrogen-bond donors (Lipinski definition) is 5. The minimum absolute atomic E-state index is 0.284. The van der Waals surface area contributed by atoms with Gasteiger partial charge in [-0.15, -0.1) is 0 Å². The predicted molar refractivity (Wildman–Crippen MR) is 40.7 cm³/mol. The molecule has 1 atom stereocenters. The summed E-state index contributed by atoms with van der Waals surface area (Å²) in [6.07, 6.45) is -0.370. The van der Waals surface area contributed by atoms with Crippen molar-refractivity contribution in [3.05, 3.63) is 12.8 Å². The topological polar surface area (TPSA) is 107 Å². The fourth-order valence-corrected chi connectivity index (χ4v) is 0.274. The molecular formula is C6H15NO4. The van der Waals surface area contributed by atoms with Crippen LogP contribution in [0.25, 0.3) is 0 Å². The average molecular weight is 165 g/mol. The van der Waals surface area contributed by atoms with E-state index in [1.807, 2.05) is 0 Å². The molecule has 0 aromatic heterocycles. The van der Waals surface area contributed by atoms with Crippen molar-refractivity contribution in [1.29, 1.82) is 0 Å². The summed E-state index contributed by atoms with van der Waals surface area (Å²) in [4.78, 5) is 0. The Kier molecular flexibility index (Phi) is 11.1. The summed E-state index contributed by atoms with van der Waals surface area (Å²) in [5.41, 5.74) is 4.89. The van der Waals surface area contributed by atoms with Crippen LogP contribution in [0, 0.1) is 5.92 Å². The summed E-state index contributed by atoms with van der Waals surface area (Å²) >= 11 is 0. The second-order valence-electron chi connectivity index (χ2n) is 1.80. The van der Waals surface area contributed by atoms with Crippen LogP contribution < -0.4 is 5.73 Å². The van der Waals surface area contributed by atoms with E-state index in [0.29, 0.717) is 0 Å². The van der Waals surface area contributed by atoms with Gasteiger partial charge in [-0.1, -0.05) is 6.58 Å². The van der Waals surface area contributed by atoms with Gasteiger partial charge in [-0.25, -0.2) is 0 Å². The van der Waals surface area contributed by atoms with Crippen molar-refractivity contribution >= 4 is 0 Å². The zero-order valence-electron chi connectivity index (χ0n) is 6.22. The second kappa shape index (κ2) is 9.38. The van der Waals surface area contributed by atoms with Gasteiger partial charge in [-0.3, -0.25) is 0 Å². The van der Waals surface area contributed by atoms with Gasteiger partial charge in [-0.2, -0.15) is 0 Å². The van der Waals surface area contributed by atoms with E-state index in [0.717, 1.165) is 6.26 Å². The molecule has 0 fully saturated rings. The van der Waals surface area contributed by atoms with Gasteiger partial charge in [0.05, 0.1) is 19.5 Å². The molecule has 5 nitrogen and oxygen atoms in total. The highest BCUT2D eigenvalue weighted by Gasteiger charge is 2.11. The van der Waals surface area contributed by atoms with E-state index in [9.17, 15) is 0 Å². The Morgan fingerprint density at radius 1 is 1.36 bits per heavy atom. The van der Waals surface area contributed by atoms with Crippen LogP contribution >= 0.6 is 0 Å². The van der Waals surface area contributed by atoms with Gasteiger partial charge in [0.1, 0.15) is 6.23 Å². The SMILES string of the molecule is C=CO.NC(O)C(CO)CO. The smallest absolute Gasteiger partial charge is 0.109 e. The zero-order valence-corrected chi connectivity index (χ0v) is 6.22. The lowest BCUT2D eigenvalue weighted by Gasteiger charge is -2.12. The molecule has 0 aliphatic carbocycles.